The minimum absolute atomic E-state index is 0.296. The average molecular weight is 212 g/mol. The van der Waals surface area contributed by atoms with Crippen LogP contribution in [0.25, 0.3) is 0 Å². The third kappa shape index (κ3) is 2.94. The summed E-state index contributed by atoms with van der Waals surface area (Å²) in [5.74, 6) is 0.783. The van der Waals surface area contributed by atoms with E-state index in [1.807, 2.05) is 0 Å². The summed E-state index contributed by atoms with van der Waals surface area (Å²) >= 11 is 0. The molecule has 0 aromatic heterocycles. The Kier molecular flexibility index (Phi) is 3.68. The molecule has 0 bridgehead atoms. The van der Waals surface area contributed by atoms with Crippen molar-refractivity contribution in [2.24, 2.45) is 5.92 Å². The van der Waals surface area contributed by atoms with Crippen LogP contribution in [0.5, 0.6) is 0 Å². The monoisotopic (exact) mass is 212 g/mol. The van der Waals surface area contributed by atoms with Gasteiger partial charge < -0.3 is 9.84 Å². The maximum Gasteiger partial charge on any atom is 0.0675 e. The minimum Gasteiger partial charge on any atom is -0.390 e. The molecule has 0 amide bonds. The van der Waals surface area contributed by atoms with Crippen molar-refractivity contribution in [3.8, 4) is 0 Å². The predicted molar refractivity (Wildman–Crippen MR) is 60.8 cm³/mol. The van der Waals surface area contributed by atoms with E-state index in [9.17, 15) is 5.11 Å². The van der Waals surface area contributed by atoms with Gasteiger partial charge in [-0.2, -0.15) is 0 Å². The summed E-state index contributed by atoms with van der Waals surface area (Å²) in [5, 5.41) is 10.6. The number of aliphatic hydroxyl groups is 1. The Morgan fingerprint density at radius 3 is 2.60 bits per heavy atom. The van der Waals surface area contributed by atoms with Crippen molar-refractivity contribution in [1.82, 2.24) is 0 Å². The van der Waals surface area contributed by atoms with Crippen LogP contribution in [0.1, 0.15) is 57.8 Å². The molecular weight excluding hydrogens is 188 g/mol. The molecule has 2 rings (SSSR count). The Hall–Kier alpha value is -0.0800. The van der Waals surface area contributed by atoms with E-state index >= 15 is 0 Å². The first kappa shape index (κ1) is 11.4. The van der Waals surface area contributed by atoms with Crippen LogP contribution in [0.2, 0.25) is 0 Å². The lowest BCUT2D eigenvalue weighted by Gasteiger charge is -2.37. The smallest absolute Gasteiger partial charge is 0.0675 e. The summed E-state index contributed by atoms with van der Waals surface area (Å²) in [5.41, 5.74) is -0.409. The molecule has 2 saturated carbocycles. The van der Waals surface area contributed by atoms with Crippen molar-refractivity contribution in [2.75, 3.05) is 7.11 Å². The molecule has 0 spiro atoms. The quantitative estimate of drug-likeness (QED) is 0.779. The summed E-state index contributed by atoms with van der Waals surface area (Å²) in [7, 11) is 1.77. The molecule has 2 nitrogen and oxygen atoms in total. The lowest BCUT2D eigenvalue weighted by Crippen LogP contribution is -2.39. The van der Waals surface area contributed by atoms with E-state index in [0.29, 0.717) is 6.10 Å². The van der Waals surface area contributed by atoms with Gasteiger partial charge in [0.15, 0.2) is 0 Å². The van der Waals surface area contributed by atoms with Crippen molar-refractivity contribution in [1.29, 1.82) is 0 Å². The van der Waals surface area contributed by atoms with Gasteiger partial charge in [0.25, 0.3) is 0 Å². The highest BCUT2D eigenvalue weighted by Gasteiger charge is 2.36. The third-order valence-corrected chi connectivity index (χ3v) is 4.25. The molecule has 88 valence electrons. The molecule has 15 heavy (non-hydrogen) atoms. The van der Waals surface area contributed by atoms with E-state index in [1.54, 1.807) is 7.11 Å². The fourth-order valence-electron chi connectivity index (χ4n) is 3.43. The number of ether oxygens (including phenoxy) is 1. The Morgan fingerprint density at radius 2 is 1.93 bits per heavy atom. The molecule has 2 aliphatic rings. The molecular formula is C13H24O2. The van der Waals surface area contributed by atoms with Crippen molar-refractivity contribution in [2.45, 2.75) is 69.5 Å². The van der Waals surface area contributed by atoms with Crippen molar-refractivity contribution in [3.05, 3.63) is 0 Å². The van der Waals surface area contributed by atoms with Crippen LogP contribution in [0.15, 0.2) is 0 Å². The first-order valence-corrected chi connectivity index (χ1v) is 6.47. The minimum atomic E-state index is -0.409. The van der Waals surface area contributed by atoms with Crippen LogP contribution in [0.3, 0.4) is 0 Å². The van der Waals surface area contributed by atoms with Crippen LogP contribution in [-0.4, -0.2) is 23.9 Å². The van der Waals surface area contributed by atoms with Gasteiger partial charge in [-0.3, -0.25) is 0 Å². The summed E-state index contributed by atoms with van der Waals surface area (Å²) in [6, 6.07) is 0. The van der Waals surface area contributed by atoms with Crippen LogP contribution >= 0.6 is 0 Å². The first-order valence-electron chi connectivity index (χ1n) is 6.47. The fourth-order valence-corrected chi connectivity index (χ4v) is 3.43. The van der Waals surface area contributed by atoms with Gasteiger partial charge in [-0.1, -0.05) is 25.7 Å². The van der Waals surface area contributed by atoms with Gasteiger partial charge in [0, 0.05) is 13.5 Å². The predicted octanol–water partition coefficient (Wildman–Crippen LogP) is 2.89. The zero-order chi connectivity index (χ0) is 10.7. The molecule has 2 atom stereocenters. The molecule has 0 heterocycles. The Morgan fingerprint density at radius 1 is 1.20 bits per heavy atom. The Labute approximate surface area is 93.0 Å². The van der Waals surface area contributed by atoms with Crippen LogP contribution < -0.4 is 0 Å². The fraction of sp³-hybridized carbons (Fsp3) is 1.00. The average Bonchev–Trinajstić information content (AvgIpc) is 2.69. The Balaban J connectivity index is 1.87. The van der Waals surface area contributed by atoms with Crippen LogP contribution in [0, 0.1) is 5.92 Å². The van der Waals surface area contributed by atoms with Crippen LogP contribution in [-0.2, 0) is 4.74 Å². The maximum atomic E-state index is 10.6. The molecule has 2 heteroatoms. The van der Waals surface area contributed by atoms with Gasteiger partial charge in [0.2, 0.25) is 0 Å². The normalized spacial score (nSPS) is 38.4. The van der Waals surface area contributed by atoms with Gasteiger partial charge >= 0.3 is 0 Å². The standard InChI is InChI=1S/C13H24O2/c1-15-12-7-4-8-13(14,10-12)9-11-5-2-3-6-11/h11-12,14H,2-10H2,1H3. The SMILES string of the molecule is COC1CCCC(O)(CC2CCCC2)C1. The van der Waals surface area contributed by atoms with Crippen LogP contribution in [0.4, 0.5) is 0 Å². The molecule has 0 aliphatic heterocycles. The lowest BCUT2D eigenvalue weighted by molar-refractivity contribution is -0.0711. The van der Waals surface area contributed by atoms with Crippen molar-refractivity contribution in [3.63, 3.8) is 0 Å². The summed E-state index contributed by atoms with van der Waals surface area (Å²) < 4.78 is 5.39. The van der Waals surface area contributed by atoms with Gasteiger partial charge in [-0.15, -0.1) is 0 Å². The molecule has 0 saturated heterocycles. The molecule has 2 aliphatic carbocycles. The van der Waals surface area contributed by atoms with E-state index in [-0.39, 0.29) is 0 Å². The maximum absolute atomic E-state index is 10.6. The van der Waals surface area contributed by atoms with E-state index in [1.165, 1.54) is 25.7 Å². The molecule has 1 N–H and O–H groups in total. The largest absolute Gasteiger partial charge is 0.390 e. The highest BCUT2D eigenvalue weighted by Crippen LogP contribution is 2.39. The molecule has 0 aromatic carbocycles. The second-order valence-corrected chi connectivity index (χ2v) is 5.53. The van der Waals surface area contributed by atoms with E-state index < -0.39 is 5.60 Å². The molecule has 2 fully saturated rings. The first-order chi connectivity index (χ1) is 7.22. The van der Waals surface area contributed by atoms with Gasteiger partial charge in [0.1, 0.15) is 0 Å². The lowest BCUT2D eigenvalue weighted by atomic mass is 9.77. The van der Waals surface area contributed by atoms with E-state index in [2.05, 4.69) is 0 Å². The summed E-state index contributed by atoms with van der Waals surface area (Å²) in [4.78, 5) is 0. The van der Waals surface area contributed by atoms with Gasteiger partial charge in [0.05, 0.1) is 11.7 Å². The molecule has 2 unspecified atom stereocenters. The number of rotatable bonds is 3. The Bertz CT molecular complexity index is 199. The number of methoxy groups -OCH3 is 1. The van der Waals surface area contributed by atoms with Gasteiger partial charge in [-0.25, -0.2) is 0 Å². The zero-order valence-electron chi connectivity index (χ0n) is 9.87. The zero-order valence-corrected chi connectivity index (χ0v) is 9.87. The van der Waals surface area contributed by atoms with E-state index in [4.69, 9.17) is 4.74 Å². The number of hydrogen-bond donors (Lipinski definition) is 1. The molecule has 0 aromatic rings. The van der Waals surface area contributed by atoms with Crippen molar-refractivity contribution < 1.29 is 9.84 Å². The number of hydrogen-bond acceptors (Lipinski definition) is 2. The summed E-state index contributed by atoms with van der Waals surface area (Å²) in [6.07, 6.45) is 10.8. The third-order valence-electron chi connectivity index (χ3n) is 4.25. The van der Waals surface area contributed by atoms with Crippen molar-refractivity contribution >= 4 is 0 Å². The molecule has 0 radical (unpaired) electrons. The highest BCUT2D eigenvalue weighted by atomic mass is 16.5. The second kappa shape index (κ2) is 4.84. The topological polar surface area (TPSA) is 29.5 Å². The summed E-state index contributed by atoms with van der Waals surface area (Å²) in [6.45, 7) is 0. The highest BCUT2D eigenvalue weighted by molar-refractivity contribution is 4.89. The van der Waals surface area contributed by atoms with E-state index in [0.717, 1.165) is 38.0 Å². The van der Waals surface area contributed by atoms with Gasteiger partial charge in [-0.05, 0) is 31.6 Å². The second-order valence-electron chi connectivity index (χ2n) is 5.53.